The van der Waals surface area contributed by atoms with Gasteiger partial charge < -0.3 is 10.1 Å². The van der Waals surface area contributed by atoms with Gasteiger partial charge in [-0.25, -0.2) is 0 Å². The van der Waals surface area contributed by atoms with Gasteiger partial charge in [0.25, 0.3) is 5.91 Å². The molecule has 0 fully saturated rings. The van der Waals surface area contributed by atoms with Crippen molar-refractivity contribution in [2.45, 2.75) is 13.3 Å². The molecule has 1 aromatic rings. The second-order valence-corrected chi connectivity index (χ2v) is 4.34. The Hall–Kier alpha value is -0.770. The van der Waals surface area contributed by atoms with Gasteiger partial charge in [0.2, 0.25) is 0 Å². The van der Waals surface area contributed by atoms with Crippen molar-refractivity contribution >= 4 is 29.1 Å². The highest BCUT2D eigenvalue weighted by molar-refractivity contribution is 6.35. The largest absolute Gasteiger partial charge is 0.382 e. The molecule has 0 saturated carbocycles. The Kier molecular flexibility index (Phi) is 6.34. The summed E-state index contributed by atoms with van der Waals surface area (Å²) in [5.41, 5.74) is 0.471. The third kappa shape index (κ3) is 5.39. The molecule has 0 spiro atoms. The van der Waals surface area contributed by atoms with Gasteiger partial charge in [0.05, 0.1) is 0 Å². The number of hydrogen-bond donors (Lipinski definition) is 1. The van der Waals surface area contributed by atoms with Gasteiger partial charge in [-0.15, -0.1) is 0 Å². The predicted molar refractivity (Wildman–Crippen MR) is 69.9 cm³/mol. The van der Waals surface area contributed by atoms with Crippen LogP contribution in [0.25, 0.3) is 0 Å². The smallest absolute Gasteiger partial charge is 0.251 e. The van der Waals surface area contributed by atoms with Crippen LogP contribution in [0.1, 0.15) is 23.7 Å². The van der Waals surface area contributed by atoms with Gasteiger partial charge >= 0.3 is 0 Å². The SMILES string of the molecule is CCOCCCNC(=O)c1cc(Cl)cc(Cl)c1. The normalized spacial score (nSPS) is 10.3. The fraction of sp³-hybridized carbons (Fsp3) is 0.417. The maximum Gasteiger partial charge on any atom is 0.251 e. The molecular formula is C12H15Cl2NO2. The zero-order valence-corrected chi connectivity index (χ0v) is 11.1. The molecule has 3 nitrogen and oxygen atoms in total. The molecule has 0 radical (unpaired) electrons. The average molecular weight is 276 g/mol. The van der Waals surface area contributed by atoms with Crippen molar-refractivity contribution in [1.82, 2.24) is 5.32 Å². The standard InChI is InChI=1S/C12H15Cl2NO2/c1-2-17-5-3-4-15-12(16)9-6-10(13)8-11(14)7-9/h6-8H,2-5H2,1H3,(H,15,16). The quantitative estimate of drug-likeness (QED) is 0.810. The number of nitrogens with one attached hydrogen (secondary N) is 1. The minimum absolute atomic E-state index is 0.175. The number of amides is 1. The lowest BCUT2D eigenvalue weighted by Crippen LogP contribution is -2.25. The van der Waals surface area contributed by atoms with Crippen LogP contribution >= 0.6 is 23.2 Å². The van der Waals surface area contributed by atoms with Gasteiger partial charge in [-0.05, 0) is 31.5 Å². The lowest BCUT2D eigenvalue weighted by molar-refractivity contribution is 0.0944. The van der Waals surface area contributed by atoms with E-state index in [0.29, 0.717) is 35.4 Å². The van der Waals surface area contributed by atoms with Crippen molar-refractivity contribution in [2.75, 3.05) is 19.8 Å². The third-order valence-corrected chi connectivity index (χ3v) is 2.52. The summed E-state index contributed by atoms with van der Waals surface area (Å²) in [6, 6.07) is 4.77. The van der Waals surface area contributed by atoms with Crippen LogP contribution in [0.4, 0.5) is 0 Å². The Morgan fingerprint density at radius 2 is 1.94 bits per heavy atom. The fourth-order valence-electron chi connectivity index (χ4n) is 1.31. The van der Waals surface area contributed by atoms with E-state index in [1.807, 2.05) is 6.92 Å². The van der Waals surface area contributed by atoms with Crippen LogP contribution in [0.2, 0.25) is 10.0 Å². The molecule has 5 heteroatoms. The van der Waals surface area contributed by atoms with Crippen molar-refractivity contribution < 1.29 is 9.53 Å². The number of halogens is 2. The van der Waals surface area contributed by atoms with E-state index < -0.39 is 0 Å². The molecule has 0 aliphatic heterocycles. The zero-order chi connectivity index (χ0) is 12.7. The highest BCUT2D eigenvalue weighted by atomic mass is 35.5. The van der Waals surface area contributed by atoms with Gasteiger partial charge in [-0.1, -0.05) is 23.2 Å². The van der Waals surface area contributed by atoms with Crippen LogP contribution in [0, 0.1) is 0 Å². The summed E-state index contributed by atoms with van der Waals surface area (Å²) in [7, 11) is 0. The first-order valence-electron chi connectivity index (χ1n) is 5.45. The number of benzene rings is 1. The number of carbonyl (C=O) groups excluding carboxylic acids is 1. The summed E-state index contributed by atoms with van der Waals surface area (Å²) in [4.78, 5) is 11.7. The Labute approximate surface area is 111 Å². The fourth-order valence-corrected chi connectivity index (χ4v) is 1.83. The second kappa shape index (κ2) is 7.54. The Balaban J connectivity index is 2.41. The van der Waals surface area contributed by atoms with E-state index >= 15 is 0 Å². The molecular weight excluding hydrogens is 261 g/mol. The molecule has 1 rings (SSSR count). The van der Waals surface area contributed by atoms with E-state index in [-0.39, 0.29) is 5.91 Å². The van der Waals surface area contributed by atoms with E-state index in [9.17, 15) is 4.79 Å². The summed E-state index contributed by atoms with van der Waals surface area (Å²) in [5.74, 6) is -0.175. The summed E-state index contributed by atoms with van der Waals surface area (Å²) in [5, 5.41) is 3.69. The van der Waals surface area contributed by atoms with Crippen LogP contribution in [-0.2, 0) is 4.74 Å². The van der Waals surface area contributed by atoms with Crippen LogP contribution in [-0.4, -0.2) is 25.7 Å². The molecule has 0 aromatic heterocycles. The monoisotopic (exact) mass is 275 g/mol. The minimum atomic E-state index is -0.175. The summed E-state index contributed by atoms with van der Waals surface area (Å²) in [6.07, 6.45) is 0.786. The van der Waals surface area contributed by atoms with E-state index in [1.54, 1.807) is 18.2 Å². The topological polar surface area (TPSA) is 38.3 Å². The average Bonchev–Trinajstić information content (AvgIpc) is 2.27. The molecule has 0 heterocycles. The lowest BCUT2D eigenvalue weighted by atomic mass is 10.2. The molecule has 1 N–H and O–H groups in total. The number of rotatable bonds is 6. The number of carbonyl (C=O) groups is 1. The number of hydrogen-bond acceptors (Lipinski definition) is 2. The van der Waals surface area contributed by atoms with E-state index in [1.165, 1.54) is 0 Å². The summed E-state index contributed by atoms with van der Waals surface area (Å²) < 4.78 is 5.17. The molecule has 0 aliphatic rings. The molecule has 17 heavy (non-hydrogen) atoms. The molecule has 94 valence electrons. The maximum absolute atomic E-state index is 11.7. The van der Waals surface area contributed by atoms with E-state index in [4.69, 9.17) is 27.9 Å². The van der Waals surface area contributed by atoms with Crippen molar-refractivity contribution in [3.8, 4) is 0 Å². The zero-order valence-electron chi connectivity index (χ0n) is 9.63. The Morgan fingerprint density at radius 3 is 2.53 bits per heavy atom. The van der Waals surface area contributed by atoms with Crippen LogP contribution in [0.15, 0.2) is 18.2 Å². The maximum atomic E-state index is 11.7. The van der Waals surface area contributed by atoms with Crippen LogP contribution in [0.3, 0.4) is 0 Å². The predicted octanol–water partition coefficient (Wildman–Crippen LogP) is 3.15. The molecule has 0 saturated heterocycles. The second-order valence-electron chi connectivity index (χ2n) is 3.46. The molecule has 0 bridgehead atoms. The first-order valence-corrected chi connectivity index (χ1v) is 6.21. The van der Waals surface area contributed by atoms with Crippen LogP contribution < -0.4 is 5.32 Å². The van der Waals surface area contributed by atoms with E-state index in [0.717, 1.165) is 6.42 Å². The first kappa shape index (κ1) is 14.3. The third-order valence-electron chi connectivity index (χ3n) is 2.08. The van der Waals surface area contributed by atoms with Gasteiger partial charge in [0.15, 0.2) is 0 Å². The molecule has 0 atom stereocenters. The summed E-state index contributed by atoms with van der Waals surface area (Å²) in [6.45, 7) is 3.85. The Bertz CT molecular complexity index is 363. The first-order chi connectivity index (χ1) is 8.13. The molecule has 1 aromatic carbocycles. The molecule has 0 unspecified atom stereocenters. The van der Waals surface area contributed by atoms with Gasteiger partial charge in [0.1, 0.15) is 0 Å². The van der Waals surface area contributed by atoms with Gasteiger partial charge in [0, 0.05) is 35.4 Å². The van der Waals surface area contributed by atoms with E-state index in [2.05, 4.69) is 5.32 Å². The highest BCUT2D eigenvalue weighted by Gasteiger charge is 2.06. The van der Waals surface area contributed by atoms with Crippen molar-refractivity contribution in [1.29, 1.82) is 0 Å². The van der Waals surface area contributed by atoms with Crippen molar-refractivity contribution in [3.63, 3.8) is 0 Å². The highest BCUT2D eigenvalue weighted by Crippen LogP contribution is 2.18. The Morgan fingerprint density at radius 1 is 1.29 bits per heavy atom. The lowest BCUT2D eigenvalue weighted by Gasteiger charge is -2.06. The molecule has 1 amide bonds. The van der Waals surface area contributed by atoms with Gasteiger partial charge in [-0.2, -0.15) is 0 Å². The molecule has 0 aliphatic carbocycles. The van der Waals surface area contributed by atoms with Gasteiger partial charge in [-0.3, -0.25) is 4.79 Å². The van der Waals surface area contributed by atoms with Crippen LogP contribution in [0.5, 0.6) is 0 Å². The summed E-state index contributed by atoms with van der Waals surface area (Å²) >= 11 is 11.6. The van der Waals surface area contributed by atoms with Crippen molar-refractivity contribution in [3.05, 3.63) is 33.8 Å². The number of ether oxygens (including phenoxy) is 1. The minimum Gasteiger partial charge on any atom is -0.382 e. The van der Waals surface area contributed by atoms with Crippen molar-refractivity contribution in [2.24, 2.45) is 0 Å².